The van der Waals surface area contributed by atoms with Crippen LogP contribution in [0.2, 0.25) is 0 Å². The maximum absolute atomic E-state index is 10.6. The molecule has 1 amide bonds. The molecule has 0 aromatic carbocycles. The molecule has 0 atom stereocenters. The molecule has 1 aliphatic heterocycles. The summed E-state index contributed by atoms with van der Waals surface area (Å²) >= 11 is 0. The first-order valence-electron chi connectivity index (χ1n) is 6.07. The molecule has 1 aliphatic carbocycles. The first kappa shape index (κ1) is 12.2. The Kier molecular flexibility index (Phi) is 6.05. The van der Waals surface area contributed by atoms with Gasteiger partial charge in [0.15, 0.2) is 0 Å². The van der Waals surface area contributed by atoms with E-state index < -0.39 is 0 Å². The molecular formula is C12H21NO2. The van der Waals surface area contributed by atoms with Gasteiger partial charge in [-0.05, 0) is 25.7 Å². The van der Waals surface area contributed by atoms with E-state index in [0.717, 1.165) is 51.5 Å². The third-order valence-electron chi connectivity index (χ3n) is 2.81. The number of hydrogen-bond acceptors (Lipinski definition) is 2. The summed E-state index contributed by atoms with van der Waals surface area (Å²) in [6, 6.07) is 0. The molecular weight excluding hydrogens is 190 g/mol. The molecule has 0 unspecified atom stereocenters. The van der Waals surface area contributed by atoms with Crippen LogP contribution in [-0.2, 0) is 9.59 Å². The van der Waals surface area contributed by atoms with E-state index >= 15 is 0 Å². The van der Waals surface area contributed by atoms with Crippen LogP contribution in [0.15, 0.2) is 0 Å². The molecule has 2 aliphatic rings. The molecule has 2 fully saturated rings. The fourth-order valence-corrected chi connectivity index (χ4v) is 1.85. The van der Waals surface area contributed by atoms with Crippen LogP contribution in [0.4, 0.5) is 0 Å². The maximum Gasteiger partial charge on any atom is 0.219 e. The fourth-order valence-electron chi connectivity index (χ4n) is 1.85. The molecule has 3 heteroatoms. The van der Waals surface area contributed by atoms with Crippen LogP contribution in [0.25, 0.3) is 0 Å². The zero-order valence-electron chi connectivity index (χ0n) is 9.39. The quantitative estimate of drug-likeness (QED) is 0.667. The standard InChI is InChI=1S/C6H11NO.C6H10O/c8-6-4-2-1-3-5-7-6;7-6-4-2-1-3-5-6/h1-5H2,(H,7,8);1-5H2. The van der Waals surface area contributed by atoms with Crippen LogP contribution in [0.1, 0.15) is 57.8 Å². The topological polar surface area (TPSA) is 46.2 Å². The van der Waals surface area contributed by atoms with Crippen LogP contribution < -0.4 is 5.32 Å². The first-order valence-corrected chi connectivity index (χ1v) is 6.07. The van der Waals surface area contributed by atoms with Crippen molar-refractivity contribution in [3.8, 4) is 0 Å². The van der Waals surface area contributed by atoms with Gasteiger partial charge in [-0.15, -0.1) is 0 Å². The van der Waals surface area contributed by atoms with Crippen molar-refractivity contribution in [3.05, 3.63) is 0 Å². The molecule has 0 aromatic rings. The lowest BCUT2D eigenvalue weighted by atomic mass is 10.00. The Labute approximate surface area is 91.6 Å². The Bertz CT molecular complexity index is 196. The van der Waals surface area contributed by atoms with Gasteiger partial charge in [-0.2, -0.15) is 0 Å². The predicted molar refractivity (Wildman–Crippen MR) is 59.6 cm³/mol. The number of carbonyl (C=O) groups excluding carboxylic acids is 2. The highest BCUT2D eigenvalue weighted by Crippen LogP contribution is 2.12. The van der Waals surface area contributed by atoms with Crippen molar-refractivity contribution in [1.29, 1.82) is 0 Å². The van der Waals surface area contributed by atoms with Gasteiger partial charge in [0.1, 0.15) is 5.78 Å². The van der Waals surface area contributed by atoms with E-state index in [2.05, 4.69) is 5.32 Å². The summed E-state index contributed by atoms with van der Waals surface area (Å²) < 4.78 is 0. The predicted octanol–water partition coefficient (Wildman–Crippen LogP) is 2.20. The van der Waals surface area contributed by atoms with Crippen molar-refractivity contribution < 1.29 is 9.59 Å². The zero-order chi connectivity index (χ0) is 10.9. The van der Waals surface area contributed by atoms with Crippen LogP contribution in [0.5, 0.6) is 0 Å². The highest BCUT2D eigenvalue weighted by atomic mass is 16.1. The molecule has 0 radical (unpaired) electrons. The number of carbonyl (C=O) groups is 2. The summed E-state index contributed by atoms with van der Waals surface area (Å²) in [6.45, 7) is 0.888. The van der Waals surface area contributed by atoms with Gasteiger partial charge in [0.25, 0.3) is 0 Å². The fraction of sp³-hybridized carbons (Fsp3) is 0.833. The Balaban J connectivity index is 0.000000151. The number of Topliss-reactive ketones (excluding diaryl/α,β-unsaturated/α-hetero) is 1. The second-order valence-electron chi connectivity index (χ2n) is 4.26. The summed E-state index contributed by atoms with van der Waals surface area (Å²) in [7, 11) is 0. The van der Waals surface area contributed by atoms with Gasteiger partial charge in [0, 0.05) is 25.8 Å². The number of hydrogen-bond donors (Lipinski definition) is 1. The molecule has 0 aromatic heterocycles. The van der Waals surface area contributed by atoms with E-state index in [1.807, 2.05) is 0 Å². The third-order valence-corrected chi connectivity index (χ3v) is 2.81. The summed E-state index contributed by atoms with van der Waals surface area (Å²) in [5.41, 5.74) is 0. The smallest absolute Gasteiger partial charge is 0.219 e. The molecule has 0 spiro atoms. The zero-order valence-corrected chi connectivity index (χ0v) is 9.39. The SMILES string of the molecule is O=C1CCCCC1.O=C1CCCCCN1. The minimum Gasteiger partial charge on any atom is -0.356 e. The lowest BCUT2D eigenvalue weighted by Gasteiger charge is -2.05. The van der Waals surface area contributed by atoms with Crippen molar-refractivity contribution in [2.24, 2.45) is 0 Å². The van der Waals surface area contributed by atoms with E-state index in [9.17, 15) is 9.59 Å². The first-order chi connectivity index (χ1) is 7.29. The Morgan fingerprint density at radius 3 is 1.93 bits per heavy atom. The Morgan fingerprint density at radius 2 is 1.33 bits per heavy atom. The van der Waals surface area contributed by atoms with Gasteiger partial charge in [-0.1, -0.05) is 12.8 Å². The van der Waals surface area contributed by atoms with Crippen LogP contribution in [0.3, 0.4) is 0 Å². The lowest BCUT2D eigenvalue weighted by Crippen LogP contribution is -2.21. The molecule has 86 valence electrons. The minimum absolute atomic E-state index is 0.225. The van der Waals surface area contributed by atoms with Gasteiger partial charge in [0.2, 0.25) is 5.91 Å². The molecule has 15 heavy (non-hydrogen) atoms. The molecule has 1 saturated heterocycles. The molecule has 3 nitrogen and oxygen atoms in total. The van der Waals surface area contributed by atoms with Crippen LogP contribution >= 0.6 is 0 Å². The third kappa shape index (κ3) is 6.26. The van der Waals surface area contributed by atoms with Crippen molar-refractivity contribution in [2.45, 2.75) is 57.8 Å². The highest BCUT2D eigenvalue weighted by Gasteiger charge is 2.06. The Morgan fingerprint density at radius 1 is 0.733 bits per heavy atom. The maximum atomic E-state index is 10.6. The second-order valence-corrected chi connectivity index (χ2v) is 4.26. The van der Waals surface area contributed by atoms with Crippen molar-refractivity contribution >= 4 is 11.7 Å². The molecule has 1 heterocycles. The van der Waals surface area contributed by atoms with Crippen molar-refractivity contribution in [1.82, 2.24) is 5.32 Å². The molecule has 0 bridgehead atoms. The summed E-state index contributed by atoms with van der Waals surface area (Å²) in [4.78, 5) is 21.0. The van der Waals surface area contributed by atoms with Crippen LogP contribution in [0, 0.1) is 0 Å². The summed E-state index contributed by atoms with van der Waals surface area (Å²) in [5.74, 6) is 0.689. The van der Waals surface area contributed by atoms with E-state index in [1.54, 1.807) is 0 Å². The monoisotopic (exact) mass is 211 g/mol. The van der Waals surface area contributed by atoms with E-state index in [-0.39, 0.29) is 5.91 Å². The average molecular weight is 211 g/mol. The van der Waals surface area contributed by atoms with Gasteiger partial charge in [-0.3, -0.25) is 9.59 Å². The number of ketones is 1. The highest BCUT2D eigenvalue weighted by molar-refractivity contribution is 5.78. The number of nitrogens with one attached hydrogen (secondary N) is 1. The average Bonchev–Trinajstić information content (AvgIpc) is 2.48. The van der Waals surface area contributed by atoms with E-state index in [1.165, 1.54) is 12.8 Å². The summed E-state index contributed by atoms with van der Waals surface area (Å²) in [5, 5.41) is 2.81. The van der Waals surface area contributed by atoms with Gasteiger partial charge in [-0.25, -0.2) is 0 Å². The molecule has 1 saturated carbocycles. The normalized spacial score (nSPS) is 22.1. The van der Waals surface area contributed by atoms with Crippen LogP contribution in [-0.4, -0.2) is 18.2 Å². The van der Waals surface area contributed by atoms with E-state index in [0.29, 0.717) is 5.78 Å². The largest absolute Gasteiger partial charge is 0.356 e. The van der Waals surface area contributed by atoms with E-state index in [4.69, 9.17) is 0 Å². The number of amides is 1. The van der Waals surface area contributed by atoms with Crippen molar-refractivity contribution in [3.63, 3.8) is 0 Å². The van der Waals surface area contributed by atoms with Gasteiger partial charge < -0.3 is 5.32 Å². The van der Waals surface area contributed by atoms with Gasteiger partial charge in [0.05, 0.1) is 0 Å². The molecule has 2 rings (SSSR count). The van der Waals surface area contributed by atoms with Gasteiger partial charge >= 0.3 is 0 Å². The minimum atomic E-state index is 0.225. The second kappa shape index (κ2) is 7.43. The molecule has 1 N–H and O–H groups in total. The van der Waals surface area contributed by atoms with Crippen molar-refractivity contribution in [2.75, 3.05) is 6.54 Å². The summed E-state index contributed by atoms with van der Waals surface area (Å²) in [6.07, 6.45) is 9.42. The number of rotatable bonds is 0. The Hall–Kier alpha value is -0.860. The lowest BCUT2D eigenvalue weighted by molar-refractivity contribution is -0.121.